The summed E-state index contributed by atoms with van der Waals surface area (Å²) in [6.45, 7) is 0. The number of anilines is 1. The van der Waals surface area contributed by atoms with E-state index in [0.29, 0.717) is 17.9 Å². The van der Waals surface area contributed by atoms with Gasteiger partial charge in [-0.15, -0.1) is 12.4 Å². The minimum Gasteiger partial charge on any atom is -0.495 e. The number of methoxy groups -OCH3 is 1. The molecule has 0 atom stereocenters. The van der Waals surface area contributed by atoms with Crippen molar-refractivity contribution in [1.82, 2.24) is 0 Å². The van der Waals surface area contributed by atoms with Crippen molar-refractivity contribution in [1.29, 1.82) is 5.26 Å². The molecule has 0 unspecified atom stereocenters. The number of ether oxygens (including phenoxy) is 1. The Morgan fingerprint density at radius 3 is 2.69 bits per heavy atom. The van der Waals surface area contributed by atoms with Crippen molar-refractivity contribution < 1.29 is 4.74 Å². The number of nitriles is 1. The van der Waals surface area contributed by atoms with Crippen molar-refractivity contribution in [3.63, 3.8) is 0 Å². The van der Waals surface area contributed by atoms with Crippen molar-refractivity contribution in [2.75, 3.05) is 12.8 Å². The molecule has 0 saturated carbocycles. The SMILES string of the molecule is COc1ccc(CC#N)cc1N.Cl. The standard InChI is InChI=1S/C9H10N2O.ClH/c1-12-9-3-2-7(4-5-10)6-8(9)11;/h2-3,6H,4,11H2,1H3;1H. The second kappa shape index (κ2) is 5.28. The zero-order chi connectivity index (χ0) is 8.97. The molecule has 0 aliphatic heterocycles. The number of nitrogens with zero attached hydrogens (tertiary/aromatic N) is 1. The van der Waals surface area contributed by atoms with Crippen LogP contribution >= 0.6 is 12.4 Å². The second-order valence-corrected chi connectivity index (χ2v) is 2.41. The maximum Gasteiger partial charge on any atom is 0.141 e. The molecule has 0 fully saturated rings. The van der Waals surface area contributed by atoms with Gasteiger partial charge in [0.2, 0.25) is 0 Å². The number of nitrogens with two attached hydrogens (primary N) is 1. The molecular weight excluding hydrogens is 188 g/mol. The molecule has 0 radical (unpaired) electrons. The van der Waals surface area contributed by atoms with Gasteiger partial charge in [-0.25, -0.2) is 0 Å². The van der Waals surface area contributed by atoms with Crippen LogP contribution < -0.4 is 10.5 Å². The minimum absolute atomic E-state index is 0. The van der Waals surface area contributed by atoms with Gasteiger partial charge in [-0.1, -0.05) is 6.07 Å². The Bertz CT molecular complexity index is 320. The molecule has 0 amide bonds. The average Bonchev–Trinajstić information content (AvgIpc) is 2.05. The number of nitrogen functional groups attached to an aromatic ring is 1. The zero-order valence-corrected chi connectivity index (χ0v) is 8.10. The molecule has 0 aromatic heterocycles. The van der Waals surface area contributed by atoms with Crippen LogP contribution in [-0.4, -0.2) is 7.11 Å². The van der Waals surface area contributed by atoms with E-state index < -0.39 is 0 Å². The van der Waals surface area contributed by atoms with Crippen LogP contribution in [0.15, 0.2) is 18.2 Å². The topological polar surface area (TPSA) is 59.0 Å². The van der Waals surface area contributed by atoms with Crippen LogP contribution in [-0.2, 0) is 6.42 Å². The molecule has 1 rings (SSSR count). The maximum atomic E-state index is 8.42. The molecular formula is C9H11ClN2O. The number of hydrogen-bond acceptors (Lipinski definition) is 3. The molecule has 1 aromatic carbocycles. The average molecular weight is 199 g/mol. The predicted octanol–water partition coefficient (Wildman–Crippen LogP) is 1.77. The normalized spacial score (nSPS) is 8.31. The van der Waals surface area contributed by atoms with Gasteiger partial charge in [0.1, 0.15) is 5.75 Å². The molecule has 0 saturated heterocycles. The Hall–Kier alpha value is -1.40. The summed E-state index contributed by atoms with van der Waals surface area (Å²) in [5.74, 6) is 0.650. The first-order valence-corrected chi connectivity index (χ1v) is 3.57. The van der Waals surface area contributed by atoms with Crippen LogP contribution in [0.3, 0.4) is 0 Å². The summed E-state index contributed by atoms with van der Waals surface area (Å²) in [5.41, 5.74) is 7.11. The Balaban J connectivity index is 0.00000144. The Kier molecular flexibility index (Phi) is 4.71. The van der Waals surface area contributed by atoms with Crippen LogP contribution in [0.5, 0.6) is 5.75 Å². The predicted molar refractivity (Wildman–Crippen MR) is 54.0 cm³/mol. The van der Waals surface area contributed by atoms with E-state index in [9.17, 15) is 0 Å². The second-order valence-electron chi connectivity index (χ2n) is 2.41. The third-order valence-electron chi connectivity index (χ3n) is 1.58. The lowest BCUT2D eigenvalue weighted by molar-refractivity contribution is 0.417. The molecule has 0 aliphatic rings. The Morgan fingerprint density at radius 2 is 2.23 bits per heavy atom. The van der Waals surface area contributed by atoms with E-state index in [0.717, 1.165) is 5.56 Å². The van der Waals surface area contributed by atoms with Gasteiger partial charge in [0, 0.05) is 0 Å². The zero-order valence-electron chi connectivity index (χ0n) is 7.28. The molecule has 70 valence electrons. The summed E-state index contributed by atoms with van der Waals surface area (Å²) >= 11 is 0. The van der Waals surface area contributed by atoms with Gasteiger partial charge in [-0.05, 0) is 17.7 Å². The van der Waals surface area contributed by atoms with Crippen molar-refractivity contribution in [3.8, 4) is 11.8 Å². The molecule has 0 aliphatic carbocycles. The maximum absolute atomic E-state index is 8.42. The quantitative estimate of drug-likeness (QED) is 0.737. The van der Waals surface area contributed by atoms with E-state index in [1.165, 1.54) is 0 Å². The van der Waals surface area contributed by atoms with Gasteiger partial charge >= 0.3 is 0 Å². The fourth-order valence-electron chi connectivity index (χ4n) is 0.985. The molecule has 0 spiro atoms. The van der Waals surface area contributed by atoms with Gasteiger partial charge in [-0.2, -0.15) is 5.26 Å². The third-order valence-corrected chi connectivity index (χ3v) is 1.58. The Labute approximate surface area is 83.5 Å². The lowest BCUT2D eigenvalue weighted by Crippen LogP contribution is -1.93. The highest BCUT2D eigenvalue weighted by atomic mass is 35.5. The van der Waals surface area contributed by atoms with E-state index in [4.69, 9.17) is 15.7 Å². The monoisotopic (exact) mass is 198 g/mol. The van der Waals surface area contributed by atoms with E-state index in [1.807, 2.05) is 6.07 Å². The highest BCUT2D eigenvalue weighted by molar-refractivity contribution is 5.85. The molecule has 0 heterocycles. The van der Waals surface area contributed by atoms with Gasteiger partial charge in [0.25, 0.3) is 0 Å². The number of halogens is 1. The van der Waals surface area contributed by atoms with Crippen molar-refractivity contribution in [2.45, 2.75) is 6.42 Å². The van der Waals surface area contributed by atoms with Crippen LogP contribution in [0.2, 0.25) is 0 Å². The third kappa shape index (κ3) is 2.85. The van der Waals surface area contributed by atoms with E-state index in [2.05, 4.69) is 6.07 Å². The molecule has 3 nitrogen and oxygen atoms in total. The van der Waals surface area contributed by atoms with E-state index in [1.54, 1.807) is 19.2 Å². The summed E-state index contributed by atoms with van der Waals surface area (Å²) < 4.78 is 4.97. The first-order chi connectivity index (χ1) is 5.77. The minimum atomic E-state index is 0. The summed E-state index contributed by atoms with van der Waals surface area (Å²) in [5, 5.41) is 8.42. The first-order valence-electron chi connectivity index (χ1n) is 3.57. The molecule has 1 aromatic rings. The summed E-state index contributed by atoms with van der Waals surface area (Å²) in [6, 6.07) is 7.40. The van der Waals surface area contributed by atoms with Crippen LogP contribution in [0.4, 0.5) is 5.69 Å². The number of hydrogen-bond donors (Lipinski definition) is 1. The van der Waals surface area contributed by atoms with E-state index in [-0.39, 0.29) is 12.4 Å². The highest BCUT2D eigenvalue weighted by Crippen LogP contribution is 2.21. The van der Waals surface area contributed by atoms with Crippen molar-refractivity contribution in [2.24, 2.45) is 0 Å². The summed E-state index contributed by atoms with van der Waals surface area (Å²) in [6.07, 6.45) is 0.383. The highest BCUT2D eigenvalue weighted by Gasteiger charge is 1.99. The summed E-state index contributed by atoms with van der Waals surface area (Å²) in [4.78, 5) is 0. The summed E-state index contributed by atoms with van der Waals surface area (Å²) in [7, 11) is 1.57. The van der Waals surface area contributed by atoms with Gasteiger partial charge in [-0.3, -0.25) is 0 Å². The fraction of sp³-hybridized carbons (Fsp3) is 0.222. The van der Waals surface area contributed by atoms with E-state index >= 15 is 0 Å². The molecule has 4 heteroatoms. The first kappa shape index (κ1) is 11.6. The molecule has 13 heavy (non-hydrogen) atoms. The Morgan fingerprint density at radius 1 is 1.54 bits per heavy atom. The lowest BCUT2D eigenvalue weighted by Gasteiger charge is -2.04. The van der Waals surface area contributed by atoms with Crippen LogP contribution in [0.1, 0.15) is 5.56 Å². The largest absolute Gasteiger partial charge is 0.495 e. The van der Waals surface area contributed by atoms with Crippen LogP contribution in [0, 0.1) is 11.3 Å². The lowest BCUT2D eigenvalue weighted by atomic mass is 10.1. The van der Waals surface area contributed by atoms with Gasteiger partial charge < -0.3 is 10.5 Å². The smallest absolute Gasteiger partial charge is 0.141 e. The molecule has 2 N–H and O–H groups in total. The molecule has 0 bridgehead atoms. The number of rotatable bonds is 2. The van der Waals surface area contributed by atoms with Gasteiger partial charge in [0.05, 0.1) is 25.3 Å². The van der Waals surface area contributed by atoms with Crippen molar-refractivity contribution in [3.05, 3.63) is 23.8 Å². The van der Waals surface area contributed by atoms with Gasteiger partial charge in [0.15, 0.2) is 0 Å². The fourth-order valence-corrected chi connectivity index (χ4v) is 0.985. The van der Waals surface area contributed by atoms with Crippen molar-refractivity contribution >= 4 is 18.1 Å². The van der Waals surface area contributed by atoms with Crippen LogP contribution in [0.25, 0.3) is 0 Å². The number of benzene rings is 1.